The number of anilines is 1. The Labute approximate surface area is 129 Å². The van der Waals surface area contributed by atoms with E-state index in [0.717, 1.165) is 4.90 Å². The Kier molecular flexibility index (Phi) is 5.17. The molecular weight excluding hydrogens is 319 g/mol. The van der Waals surface area contributed by atoms with Crippen molar-refractivity contribution in [2.75, 3.05) is 30.7 Å². The van der Waals surface area contributed by atoms with Gasteiger partial charge in [0.1, 0.15) is 0 Å². The van der Waals surface area contributed by atoms with Gasteiger partial charge in [-0.3, -0.25) is 9.69 Å². The van der Waals surface area contributed by atoms with Crippen molar-refractivity contribution in [3.05, 3.63) is 24.3 Å². The van der Waals surface area contributed by atoms with Gasteiger partial charge in [-0.15, -0.1) is 11.8 Å². The van der Waals surface area contributed by atoms with E-state index >= 15 is 0 Å². The molecule has 1 aromatic rings. The molecular formula is C13H14F3N3O2S. The molecule has 9 heteroatoms. The second-order valence-corrected chi connectivity index (χ2v) is 5.55. The number of thioether (sulfide) groups is 1. The predicted octanol–water partition coefficient (Wildman–Crippen LogP) is 2.30. The Morgan fingerprint density at radius 2 is 2.09 bits per heavy atom. The van der Waals surface area contributed by atoms with Gasteiger partial charge in [-0.05, 0) is 12.1 Å². The van der Waals surface area contributed by atoms with Crippen molar-refractivity contribution >= 4 is 29.4 Å². The minimum Gasteiger partial charge on any atom is -0.375 e. The van der Waals surface area contributed by atoms with Gasteiger partial charge in [0, 0.05) is 23.7 Å². The zero-order chi connectivity index (χ0) is 16.2. The largest absolute Gasteiger partial charge is 0.398 e. The Morgan fingerprint density at radius 1 is 1.36 bits per heavy atom. The molecule has 0 saturated carbocycles. The third-order valence-corrected chi connectivity index (χ3v) is 4.00. The number of alkyl halides is 3. The number of benzene rings is 1. The second-order valence-electron chi connectivity index (χ2n) is 4.53. The van der Waals surface area contributed by atoms with Crippen molar-refractivity contribution < 1.29 is 22.8 Å². The fourth-order valence-corrected chi connectivity index (χ4v) is 2.66. The Bertz CT molecular complexity index is 566. The first kappa shape index (κ1) is 16.5. The molecule has 3 amide bonds. The highest BCUT2D eigenvalue weighted by Crippen LogP contribution is 2.31. The number of carbonyl (C=O) groups excluding carboxylic acids is 2. The van der Waals surface area contributed by atoms with Gasteiger partial charge in [0.05, 0.1) is 12.3 Å². The molecule has 0 unspecified atom stereocenters. The molecule has 0 bridgehead atoms. The van der Waals surface area contributed by atoms with Gasteiger partial charge < -0.3 is 10.6 Å². The summed E-state index contributed by atoms with van der Waals surface area (Å²) in [5.41, 5.74) is 0.435. The van der Waals surface area contributed by atoms with E-state index in [2.05, 4.69) is 10.6 Å². The summed E-state index contributed by atoms with van der Waals surface area (Å²) in [6.07, 6.45) is -4.26. The number of hydrogen-bond acceptors (Lipinski definition) is 4. The average molecular weight is 333 g/mol. The molecule has 22 heavy (non-hydrogen) atoms. The number of nitrogens with one attached hydrogen (secondary N) is 2. The quantitative estimate of drug-likeness (QED) is 0.812. The standard InChI is InChI=1S/C13H14F3N3O2S/c14-13(15,16)8-22-10-4-2-1-3-9(10)18-7-11(20)19-6-5-17-12(19)21/h1-4,18H,5-8H2,(H,17,21). The molecule has 0 spiro atoms. The first-order valence-corrected chi connectivity index (χ1v) is 7.46. The van der Waals surface area contributed by atoms with Crippen LogP contribution in [0.4, 0.5) is 23.7 Å². The second kappa shape index (κ2) is 6.91. The van der Waals surface area contributed by atoms with Gasteiger partial charge in [0.25, 0.3) is 0 Å². The van der Waals surface area contributed by atoms with Crippen LogP contribution < -0.4 is 10.6 Å². The third-order valence-electron chi connectivity index (χ3n) is 2.87. The fourth-order valence-electron chi connectivity index (χ4n) is 1.87. The highest BCUT2D eigenvalue weighted by Gasteiger charge is 2.28. The van der Waals surface area contributed by atoms with Crippen LogP contribution in [0, 0.1) is 0 Å². The van der Waals surface area contributed by atoms with Gasteiger partial charge in [-0.1, -0.05) is 12.1 Å². The van der Waals surface area contributed by atoms with Crippen molar-refractivity contribution in [3.8, 4) is 0 Å². The summed E-state index contributed by atoms with van der Waals surface area (Å²) in [4.78, 5) is 24.7. The van der Waals surface area contributed by atoms with E-state index in [-0.39, 0.29) is 6.54 Å². The zero-order valence-electron chi connectivity index (χ0n) is 11.4. The van der Waals surface area contributed by atoms with Crippen molar-refractivity contribution in [2.24, 2.45) is 0 Å². The van der Waals surface area contributed by atoms with Crippen molar-refractivity contribution in [1.82, 2.24) is 10.2 Å². The van der Waals surface area contributed by atoms with Gasteiger partial charge in [-0.2, -0.15) is 13.2 Å². The minimum atomic E-state index is -4.26. The number of rotatable bonds is 5. The molecule has 0 aromatic heterocycles. The molecule has 0 radical (unpaired) electrons. The van der Waals surface area contributed by atoms with E-state index in [1.807, 2.05) is 0 Å². The first-order chi connectivity index (χ1) is 10.4. The molecule has 2 rings (SSSR count). The minimum absolute atomic E-state index is 0.156. The molecule has 1 saturated heterocycles. The lowest BCUT2D eigenvalue weighted by Gasteiger charge is -2.15. The fraction of sp³-hybridized carbons (Fsp3) is 0.385. The summed E-state index contributed by atoms with van der Waals surface area (Å²) in [6.45, 7) is 0.545. The van der Waals surface area contributed by atoms with Crippen LogP contribution in [-0.2, 0) is 4.79 Å². The zero-order valence-corrected chi connectivity index (χ0v) is 12.3. The maximum absolute atomic E-state index is 12.3. The number of imide groups is 1. The van der Waals surface area contributed by atoms with Crippen molar-refractivity contribution in [2.45, 2.75) is 11.1 Å². The van der Waals surface area contributed by atoms with Crippen LogP contribution in [0.3, 0.4) is 0 Å². The summed E-state index contributed by atoms with van der Waals surface area (Å²) in [6, 6.07) is 5.97. The maximum atomic E-state index is 12.3. The molecule has 1 aliphatic rings. The van der Waals surface area contributed by atoms with Crippen molar-refractivity contribution in [3.63, 3.8) is 0 Å². The van der Waals surface area contributed by atoms with Crippen LogP contribution in [0.2, 0.25) is 0 Å². The maximum Gasteiger partial charge on any atom is 0.398 e. The summed E-state index contributed by atoms with van der Waals surface area (Å²) in [5, 5.41) is 5.29. The lowest BCUT2D eigenvalue weighted by Crippen LogP contribution is -2.38. The smallest absolute Gasteiger partial charge is 0.375 e. The molecule has 0 aliphatic carbocycles. The van der Waals surface area contributed by atoms with Gasteiger partial charge in [-0.25, -0.2) is 4.79 Å². The molecule has 1 fully saturated rings. The number of halogens is 3. The molecule has 1 aromatic carbocycles. The lowest BCUT2D eigenvalue weighted by atomic mass is 10.3. The number of hydrogen-bond donors (Lipinski definition) is 2. The highest BCUT2D eigenvalue weighted by atomic mass is 32.2. The van der Waals surface area contributed by atoms with E-state index in [0.29, 0.717) is 35.4 Å². The van der Waals surface area contributed by atoms with Gasteiger partial charge >= 0.3 is 12.2 Å². The van der Waals surface area contributed by atoms with E-state index in [9.17, 15) is 22.8 Å². The van der Waals surface area contributed by atoms with Gasteiger partial charge in [0.15, 0.2) is 0 Å². The summed E-state index contributed by atoms with van der Waals surface area (Å²) < 4.78 is 36.9. The van der Waals surface area contributed by atoms with Gasteiger partial charge in [0.2, 0.25) is 5.91 Å². The molecule has 120 valence electrons. The van der Waals surface area contributed by atoms with E-state index in [1.54, 1.807) is 24.3 Å². The average Bonchev–Trinajstić information content (AvgIpc) is 2.89. The van der Waals surface area contributed by atoms with Crippen LogP contribution in [0.25, 0.3) is 0 Å². The van der Waals surface area contributed by atoms with Crippen LogP contribution in [0.15, 0.2) is 29.2 Å². The monoisotopic (exact) mass is 333 g/mol. The first-order valence-electron chi connectivity index (χ1n) is 6.47. The number of para-hydroxylation sites is 1. The summed E-state index contributed by atoms with van der Waals surface area (Å²) >= 11 is 0.647. The Balaban J connectivity index is 1.95. The Hall–Kier alpha value is -1.90. The van der Waals surface area contributed by atoms with Crippen molar-refractivity contribution in [1.29, 1.82) is 0 Å². The summed E-state index contributed by atoms with van der Waals surface area (Å²) in [7, 11) is 0. The number of carbonyl (C=O) groups is 2. The molecule has 1 aliphatic heterocycles. The highest BCUT2D eigenvalue weighted by molar-refractivity contribution is 7.99. The predicted molar refractivity (Wildman–Crippen MR) is 76.8 cm³/mol. The third kappa shape index (κ3) is 4.55. The normalized spacial score (nSPS) is 14.9. The van der Waals surface area contributed by atoms with Crippen LogP contribution in [0.5, 0.6) is 0 Å². The molecule has 0 atom stereocenters. The topological polar surface area (TPSA) is 61.4 Å². The van der Waals surface area contributed by atoms with E-state index in [1.165, 1.54) is 0 Å². The number of urea groups is 1. The number of nitrogens with zero attached hydrogens (tertiary/aromatic N) is 1. The van der Waals surface area contributed by atoms with Crippen LogP contribution in [-0.4, -0.2) is 48.4 Å². The van der Waals surface area contributed by atoms with Crippen LogP contribution >= 0.6 is 11.8 Å². The molecule has 2 N–H and O–H groups in total. The summed E-state index contributed by atoms with van der Waals surface area (Å²) in [5.74, 6) is -1.43. The Morgan fingerprint density at radius 3 is 2.73 bits per heavy atom. The molecule has 1 heterocycles. The number of amides is 3. The van der Waals surface area contributed by atoms with E-state index < -0.39 is 23.9 Å². The lowest BCUT2D eigenvalue weighted by molar-refractivity contribution is -0.125. The SMILES string of the molecule is O=C(CNc1ccccc1SCC(F)(F)F)N1CCNC1=O. The van der Waals surface area contributed by atoms with E-state index in [4.69, 9.17) is 0 Å². The van der Waals surface area contributed by atoms with Crippen LogP contribution in [0.1, 0.15) is 0 Å². The molecule has 5 nitrogen and oxygen atoms in total.